The number of nitrogens with one attached hydrogen (secondary N) is 3. The summed E-state index contributed by atoms with van der Waals surface area (Å²) in [7, 11) is -1.85. The average molecular weight is 550 g/mol. The second-order valence-electron chi connectivity index (χ2n) is 6.73. The molecule has 29 heavy (non-hydrogen) atoms. The largest absolute Gasteiger partial charge is 0.454 e. The quantitative estimate of drug-likeness (QED) is 0.257. The molecule has 0 bridgehead atoms. The molecule has 0 amide bonds. The van der Waals surface area contributed by atoms with Gasteiger partial charge in [0.2, 0.25) is 16.8 Å². The van der Waals surface area contributed by atoms with E-state index in [0.717, 1.165) is 6.26 Å². The summed E-state index contributed by atoms with van der Waals surface area (Å²) in [6.07, 6.45) is 1.08. The van der Waals surface area contributed by atoms with E-state index in [2.05, 4.69) is 25.1 Å². The van der Waals surface area contributed by atoms with Gasteiger partial charge in [-0.05, 0) is 19.9 Å². The predicted molar refractivity (Wildman–Crippen MR) is 115 cm³/mol. The molecule has 0 saturated heterocycles. The van der Waals surface area contributed by atoms with Gasteiger partial charge in [0.25, 0.3) is 0 Å². The SMILES string of the molecule is CN=C(NCc1cc2c(cc1OC(F)F)OCO2)NCC(C)(C)NS(C)(=O)=O.I. The van der Waals surface area contributed by atoms with Gasteiger partial charge in [-0.25, -0.2) is 13.1 Å². The Morgan fingerprint density at radius 1 is 1.28 bits per heavy atom. The molecule has 1 aliphatic rings. The van der Waals surface area contributed by atoms with Gasteiger partial charge in [0, 0.05) is 37.3 Å². The maximum Gasteiger partial charge on any atom is 0.387 e. The van der Waals surface area contributed by atoms with Crippen LogP contribution in [0.2, 0.25) is 0 Å². The van der Waals surface area contributed by atoms with Crippen molar-refractivity contribution in [2.45, 2.75) is 32.5 Å². The van der Waals surface area contributed by atoms with Crippen molar-refractivity contribution in [1.29, 1.82) is 0 Å². The minimum atomic E-state index is -3.38. The molecule has 3 N–H and O–H groups in total. The second-order valence-corrected chi connectivity index (χ2v) is 8.48. The van der Waals surface area contributed by atoms with E-state index in [-0.39, 0.29) is 49.6 Å². The van der Waals surface area contributed by atoms with Crippen LogP contribution in [0.4, 0.5) is 8.78 Å². The van der Waals surface area contributed by atoms with Crippen molar-refractivity contribution < 1.29 is 31.4 Å². The van der Waals surface area contributed by atoms with E-state index in [4.69, 9.17) is 9.47 Å². The van der Waals surface area contributed by atoms with Crippen molar-refractivity contribution in [2.75, 3.05) is 26.6 Å². The molecule has 1 aromatic carbocycles. The first-order chi connectivity index (χ1) is 13.0. The van der Waals surface area contributed by atoms with Crippen LogP contribution in [-0.4, -0.2) is 53.2 Å². The summed E-state index contributed by atoms with van der Waals surface area (Å²) in [6, 6.07) is 2.90. The Kier molecular flexibility index (Phi) is 9.14. The zero-order valence-corrected chi connectivity index (χ0v) is 19.6. The van der Waals surface area contributed by atoms with Crippen LogP contribution in [-0.2, 0) is 16.6 Å². The van der Waals surface area contributed by atoms with Crippen LogP contribution in [0.15, 0.2) is 17.1 Å². The maximum absolute atomic E-state index is 12.7. The summed E-state index contributed by atoms with van der Waals surface area (Å²) >= 11 is 0. The van der Waals surface area contributed by atoms with Crippen LogP contribution in [0, 0.1) is 0 Å². The van der Waals surface area contributed by atoms with Crippen molar-refractivity contribution in [3.05, 3.63) is 17.7 Å². The van der Waals surface area contributed by atoms with Gasteiger partial charge in [-0.1, -0.05) is 0 Å². The van der Waals surface area contributed by atoms with Gasteiger partial charge in [0.05, 0.1) is 6.26 Å². The number of benzene rings is 1. The first kappa shape index (κ1) is 25.4. The highest BCUT2D eigenvalue weighted by atomic mass is 127. The number of fused-ring (bicyclic) bond motifs is 1. The molecule has 2 rings (SSSR count). The summed E-state index contributed by atoms with van der Waals surface area (Å²) < 4.78 is 65.7. The lowest BCUT2D eigenvalue weighted by Crippen LogP contribution is -2.52. The number of halogens is 3. The van der Waals surface area contributed by atoms with Gasteiger partial charge < -0.3 is 24.8 Å². The van der Waals surface area contributed by atoms with E-state index in [1.807, 2.05) is 0 Å². The Balaban J connectivity index is 0.00000420. The third kappa shape index (κ3) is 8.34. The molecule has 0 unspecified atom stereocenters. The average Bonchev–Trinajstić information content (AvgIpc) is 2.99. The zero-order valence-electron chi connectivity index (χ0n) is 16.4. The standard InChI is InChI=1S/C16H24F2N4O5S.HI/c1-16(2,22-28(4,23)24)8-21-15(19-3)20-7-10-5-12-13(26-9-25-12)6-11(10)27-14(17)18;/h5-6,14,22H,7-9H2,1-4H3,(H2,19,20,21);1H. The van der Waals surface area contributed by atoms with Crippen molar-refractivity contribution in [1.82, 2.24) is 15.4 Å². The number of aliphatic imine (C=N–C) groups is 1. The molecule has 9 nitrogen and oxygen atoms in total. The number of nitrogens with zero attached hydrogens (tertiary/aromatic N) is 1. The molecular weight excluding hydrogens is 525 g/mol. The fourth-order valence-electron chi connectivity index (χ4n) is 2.55. The third-order valence-corrected chi connectivity index (χ3v) is 4.52. The minimum absolute atomic E-state index is 0. The first-order valence-electron chi connectivity index (χ1n) is 8.30. The number of hydrogen-bond donors (Lipinski definition) is 3. The minimum Gasteiger partial charge on any atom is -0.454 e. The molecule has 0 fully saturated rings. The van der Waals surface area contributed by atoms with E-state index in [0.29, 0.717) is 23.0 Å². The molecule has 0 spiro atoms. The van der Waals surface area contributed by atoms with E-state index in [9.17, 15) is 17.2 Å². The Labute approximate surface area is 185 Å². The fourth-order valence-corrected chi connectivity index (χ4v) is 3.63. The molecule has 166 valence electrons. The molecule has 0 atom stereocenters. The van der Waals surface area contributed by atoms with Gasteiger partial charge in [-0.3, -0.25) is 4.99 Å². The van der Waals surface area contributed by atoms with Crippen LogP contribution >= 0.6 is 24.0 Å². The summed E-state index contributed by atoms with van der Waals surface area (Å²) in [5, 5.41) is 5.95. The van der Waals surface area contributed by atoms with Crippen molar-refractivity contribution in [2.24, 2.45) is 4.99 Å². The van der Waals surface area contributed by atoms with Gasteiger partial charge >= 0.3 is 6.61 Å². The molecule has 13 heteroatoms. The molecule has 1 aliphatic heterocycles. The van der Waals surface area contributed by atoms with E-state index < -0.39 is 22.2 Å². The molecule has 0 aromatic heterocycles. The monoisotopic (exact) mass is 550 g/mol. The van der Waals surface area contributed by atoms with Crippen molar-refractivity contribution >= 4 is 40.0 Å². The Morgan fingerprint density at radius 3 is 2.45 bits per heavy atom. The summed E-state index contributed by atoms with van der Waals surface area (Å²) in [6.45, 7) is 0.784. The van der Waals surface area contributed by atoms with Gasteiger partial charge in [-0.15, -0.1) is 24.0 Å². The molecule has 1 aromatic rings. The van der Waals surface area contributed by atoms with Crippen LogP contribution in [0.5, 0.6) is 17.2 Å². The Bertz CT molecular complexity index is 837. The Hall–Kier alpha value is -1.61. The van der Waals surface area contributed by atoms with E-state index >= 15 is 0 Å². The topological polar surface area (TPSA) is 110 Å². The lowest BCUT2D eigenvalue weighted by atomic mass is 10.1. The molecular formula is C16H25F2IN4O5S. The molecule has 0 radical (unpaired) electrons. The lowest BCUT2D eigenvalue weighted by Gasteiger charge is -2.26. The van der Waals surface area contributed by atoms with E-state index in [1.54, 1.807) is 19.9 Å². The number of guanidine groups is 1. The number of hydrogen-bond acceptors (Lipinski definition) is 6. The van der Waals surface area contributed by atoms with Gasteiger partial charge in [0.15, 0.2) is 17.5 Å². The number of ether oxygens (including phenoxy) is 3. The zero-order chi connectivity index (χ0) is 20.9. The van der Waals surface area contributed by atoms with E-state index in [1.165, 1.54) is 13.1 Å². The smallest absolute Gasteiger partial charge is 0.387 e. The maximum atomic E-state index is 12.7. The highest BCUT2D eigenvalue weighted by Gasteiger charge is 2.23. The van der Waals surface area contributed by atoms with Crippen LogP contribution in [0.1, 0.15) is 19.4 Å². The third-order valence-electron chi connectivity index (χ3n) is 3.60. The molecule has 0 aliphatic carbocycles. The summed E-state index contributed by atoms with van der Waals surface area (Å²) in [5.41, 5.74) is -0.352. The molecule has 0 saturated carbocycles. The van der Waals surface area contributed by atoms with Crippen LogP contribution < -0.4 is 29.6 Å². The second kappa shape index (κ2) is 10.4. The molecule has 1 heterocycles. The first-order valence-corrected chi connectivity index (χ1v) is 10.2. The van der Waals surface area contributed by atoms with Crippen LogP contribution in [0.25, 0.3) is 0 Å². The summed E-state index contributed by atoms with van der Waals surface area (Å²) in [5.74, 6) is 1.07. The number of alkyl halides is 2. The van der Waals surface area contributed by atoms with Crippen LogP contribution in [0.3, 0.4) is 0 Å². The van der Waals surface area contributed by atoms with Crippen molar-refractivity contribution in [3.63, 3.8) is 0 Å². The van der Waals surface area contributed by atoms with Gasteiger partial charge in [0.1, 0.15) is 5.75 Å². The predicted octanol–water partition coefficient (Wildman–Crippen LogP) is 1.63. The highest BCUT2D eigenvalue weighted by Crippen LogP contribution is 2.38. The summed E-state index contributed by atoms with van der Waals surface area (Å²) in [4.78, 5) is 4.04. The number of sulfonamides is 1. The normalized spacial score (nSPS) is 13.8. The van der Waals surface area contributed by atoms with Gasteiger partial charge in [-0.2, -0.15) is 8.78 Å². The number of rotatable bonds is 8. The lowest BCUT2D eigenvalue weighted by molar-refractivity contribution is -0.0505. The highest BCUT2D eigenvalue weighted by molar-refractivity contribution is 14.0. The fraction of sp³-hybridized carbons (Fsp3) is 0.562. The Morgan fingerprint density at radius 2 is 1.90 bits per heavy atom. The van der Waals surface area contributed by atoms with Crippen molar-refractivity contribution in [3.8, 4) is 17.2 Å².